The minimum absolute atomic E-state index is 0.160. The summed E-state index contributed by atoms with van der Waals surface area (Å²) < 4.78 is 32.0. The Morgan fingerprint density at radius 3 is 2.18 bits per heavy atom. The first-order valence-electron chi connectivity index (χ1n) is 12.8. The summed E-state index contributed by atoms with van der Waals surface area (Å²) in [4.78, 5) is 11.8. The third kappa shape index (κ3) is 33.2. The van der Waals surface area contributed by atoms with E-state index >= 15 is 0 Å². The molecule has 2 N–H and O–H groups in total. The van der Waals surface area contributed by atoms with Crippen LogP contribution >= 0.6 is 0 Å². The average Bonchev–Trinajstić information content (AvgIpc) is 2.75. The maximum Gasteiger partial charge on any atom is 0.219 e. The van der Waals surface area contributed by atoms with Crippen molar-refractivity contribution in [1.29, 1.82) is 0 Å². The highest BCUT2D eigenvalue weighted by Gasteiger charge is 2.06. The fourth-order valence-corrected chi connectivity index (χ4v) is 3.24. The fourth-order valence-electron chi connectivity index (χ4n) is 3.24. The van der Waals surface area contributed by atoms with E-state index in [9.17, 15) is 22.9 Å². The standard InChI is InChI=1S/C24H48N2O2.CH4O4S/c1-5-6-7-14-18-23(27)19-15-12-10-8-9-11-13-16-20-24(28)25-21-17-22-26(2,3)4;1-5-6(2,3)4/h12,15,23,27H,5-11,13-14,16-22H2,1-4H3;1H3,(H,2,3,4)/b15-12-;. The quantitative estimate of drug-likeness (QED) is 0.0833. The van der Waals surface area contributed by atoms with Crippen LogP contribution in [0.1, 0.15) is 96.8 Å². The molecule has 0 rings (SSSR count). The topological polar surface area (TPSA) is 116 Å². The van der Waals surface area contributed by atoms with E-state index < -0.39 is 10.4 Å². The number of amides is 1. The third-order valence-electron chi connectivity index (χ3n) is 5.27. The van der Waals surface area contributed by atoms with Crippen LogP contribution in [0.4, 0.5) is 0 Å². The van der Waals surface area contributed by atoms with Gasteiger partial charge in [0.25, 0.3) is 0 Å². The van der Waals surface area contributed by atoms with Crippen LogP contribution < -0.4 is 5.32 Å². The first kappa shape index (κ1) is 35.2. The predicted octanol–water partition coefficient (Wildman–Crippen LogP) is 4.30. The van der Waals surface area contributed by atoms with Crippen molar-refractivity contribution in [3.8, 4) is 0 Å². The van der Waals surface area contributed by atoms with Crippen LogP contribution in [0.5, 0.6) is 0 Å². The van der Waals surface area contributed by atoms with Crippen LogP contribution in [0.15, 0.2) is 12.2 Å². The Morgan fingerprint density at radius 2 is 1.59 bits per heavy atom. The van der Waals surface area contributed by atoms with E-state index in [1.807, 2.05) is 0 Å². The number of aliphatic hydroxyl groups is 1. The number of nitrogens with zero attached hydrogens (tertiary/aromatic N) is 1. The summed E-state index contributed by atoms with van der Waals surface area (Å²) >= 11 is 0. The smallest absolute Gasteiger partial charge is 0.219 e. The van der Waals surface area contributed by atoms with Crippen molar-refractivity contribution < 1.29 is 31.5 Å². The number of nitrogens with one attached hydrogen (secondary N) is 1. The van der Waals surface area contributed by atoms with Crippen molar-refractivity contribution in [3.63, 3.8) is 0 Å². The van der Waals surface area contributed by atoms with E-state index in [0.29, 0.717) is 6.42 Å². The lowest BCUT2D eigenvalue weighted by atomic mass is 10.1. The summed E-state index contributed by atoms with van der Waals surface area (Å²) in [7, 11) is 2.93. The van der Waals surface area contributed by atoms with E-state index in [0.717, 1.165) is 69.6 Å². The monoisotopic (exact) mass is 508 g/mol. The summed E-state index contributed by atoms with van der Waals surface area (Å²) in [6.45, 7) is 4.10. The van der Waals surface area contributed by atoms with Crippen molar-refractivity contribution >= 4 is 16.3 Å². The highest BCUT2D eigenvalue weighted by atomic mass is 32.3. The van der Waals surface area contributed by atoms with Gasteiger partial charge in [0.1, 0.15) is 0 Å². The van der Waals surface area contributed by atoms with Gasteiger partial charge in [-0.3, -0.25) is 8.98 Å². The normalized spacial score (nSPS) is 12.9. The van der Waals surface area contributed by atoms with Crippen LogP contribution in [-0.2, 0) is 19.4 Å². The first-order chi connectivity index (χ1) is 15.9. The fraction of sp³-hybridized carbons (Fsp3) is 0.880. The SMILES string of the molecule is CCCCCCC(O)C/C=C\CCCCCCCC(=O)NCCC[N+](C)(C)C.COS(=O)(=O)[O-]. The van der Waals surface area contributed by atoms with Crippen LogP contribution in [-0.4, -0.2) is 75.9 Å². The third-order valence-corrected chi connectivity index (χ3v) is 5.68. The number of carbonyl (C=O) groups is 1. The second-order valence-electron chi connectivity index (χ2n) is 9.81. The van der Waals surface area contributed by atoms with Gasteiger partial charge in [0.2, 0.25) is 16.3 Å². The number of quaternary nitrogens is 1. The van der Waals surface area contributed by atoms with Crippen molar-refractivity contribution in [2.45, 2.75) is 103 Å². The van der Waals surface area contributed by atoms with Gasteiger partial charge in [0.15, 0.2) is 0 Å². The van der Waals surface area contributed by atoms with Gasteiger partial charge in [-0.15, -0.1) is 0 Å². The highest BCUT2D eigenvalue weighted by molar-refractivity contribution is 7.80. The number of hydrogen-bond acceptors (Lipinski definition) is 6. The Bertz CT molecular complexity index is 603. The van der Waals surface area contributed by atoms with E-state index in [-0.39, 0.29) is 12.0 Å². The maximum atomic E-state index is 11.8. The summed E-state index contributed by atoms with van der Waals surface area (Å²) in [5, 5.41) is 12.9. The minimum Gasteiger partial charge on any atom is -0.726 e. The lowest BCUT2D eigenvalue weighted by Crippen LogP contribution is -2.37. The van der Waals surface area contributed by atoms with Gasteiger partial charge in [-0.2, -0.15) is 0 Å². The number of carbonyl (C=O) groups excluding carboxylic acids is 1. The molecule has 0 bridgehead atoms. The highest BCUT2D eigenvalue weighted by Crippen LogP contribution is 2.10. The van der Waals surface area contributed by atoms with E-state index in [4.69, 9.17) is 0 Å². The zero-order chi connectivity index (χ0) is 26.3. The van der Waals surface area contributed by atoms with Crippen LogP contribution in [0.3, 0.4) is 0 Å². The molecule has 0 aliphatic heterocycles. The first-order valence-corrected chi connectivity index (χ1v) is 14.2. The lowest BCUT2D eigenvalue weighted by Gasteiger charge is -2.23. The molecule has 0 aliphatic carbocycles. The van der Waals surface area contributed by atoms with Crippen molar-refractivity contribution in [2.24, 2.45) is 0 Å². The van der Waals surface area contributed by atoms with Crippen LogP contribution in [0, 0.1) is 0 Å². The maximum absolute atomic E-state index is 11.8. The molecule has 1 atom stereocenters. The molecule has 8 nitrogen and oxygen atoms in total. The minimum atomic E-state index is -4.41. The van der Waals surface area contributed by atoms with E-state index in [1.165, 1.54) is 38.5 Å². The number of allylic oxidation sites excluding steroid dienone is 1. The number of hydrogen-bond donors (Lipinski definition) is 2. The molecule has 0 aromatic carbocycles. The molecule has 1 amide bonds. The van der Waals surface area contributed by atoms with Crippen LogP contribution in [0.2, 0.25) is 0 Å². The van der Waals surface area contributed by atoms with Gasteiger partial charge in [0, 0.05) is 19.4 Å². The summed E-state index contributed by atoms with van der Waals surface area (Å²) in [6, 6.07) is 0. The van der Waals surface area contributed by atoms with Gasteiger partial charge >= 0.3 is 0 Å². The summed E-state index contributed by atoms with van der Waals surface area (Å²) in [5.41, 5.74) is 0. The number of aliphatic hydroxyl groups excluding tert-OH is 1. The lowest BCUT2D eigenvalue weighted by molar-refractivity contribution is -0.870. The Kier molecular flexibility index (Phi) is 23.2. The molecule has 34 heavy (non-hydrogen) atoms. The second-order valence-corrected chi connectivity index (χ2v) is 11.0. The molecule has 0 aromatic heterocycles. The summed E-state index contributed by atoms with van der Waals surface area (Å²) in [6.07, 6.45) is 19.5. The molecule has 0 saturated heterocycles. The average molecular weight is 509 g/mol. The largest absolute Gasteiger partial charge is 0.726 e. The molecule has 1 unspecified atom stereocenters. The predicted molar refractivity (Wildman–Crippen MR) is 138 cm³/mol. The Hall–Kier alpha value is -1.00. The van der Waals surface area contributed by atoms with Crippen molar-refractivity contribution in [3.05, 3.63) is 12.2 Å². The molecule has 0 aromatic rings. The zero-order valence-electron chi connectivity index (χ0n) is 22.4. The van der Waals surface area contributed by atoms with Gasteiger partial charge in [0.05, 0.1) is 40.9 Å². The van der Waals surface area contributed by atoms with Crippen molar-refractivity contribution in [1.82, 2.24) is 5.32 Å². The van der Waals surface area contributed by atoms with Gasteiger partial charge in [-0.05, 0) is 32.1 Å². The molecule has 0 aliphatic rings. The molecule has 0 saturated carbocycles. The van der Waals surface area contributed by atoms with E-state index in [2.05, 4.69) is 49.7 Å². The van der Waals surface area contributed by atoms with Gasteiger partial charge in [-0.25, -0.2) is 8.42 Å². The number of rotatable bonds is 20. The number of unbranched alkanes of at least 4 members (excludes halogenated alkanes) is 8. The Balaban J connectivity index is 0. The zero-order valence-corrected chi connectivity index (χ0v) is 23.2. The summed E-state index contributed by atoms with van der Waals surface area (Å²) in [5.74, 6) is 0.206. The molecule has 9 heteroatoms. The molecular formula is C25H52N2O6S. The molecule has 0 radical (unpaired) electrons. The molecule has 0 heterocycles. The molecule has 0 spiro atoms. The molecule has 204 valence electrons. The van der Waals surface area contributed by atoms with E-state index in [1.54, 1.807) is 0 Å². The van der Waals surface area contributed by atoms with Crippen LogP contribution in [0.25, 0.3) is 0 Å². The molecule has 0 fully saturated rings. The van der Waals surface area contributed by atoms with Gasteiger partial charge < -0.3 is 19.5 Å². The van der Waals surface area contributed by atoms with Gasteiger partial charge in [-0.1, -0.05) is 64.0 Å². The molecular weight excluding hydrogens is 456 g/mol. The Morgan fingerprint density at radius 1 is 1.00 bits per heavy atom. The Labute approximate surface area is 209 Å². The second kappa shape index (κ2) is 22.5. The van der Waals surface area contributed by atoms with Crippen molar-refractivity contribution in [2.75, 3.05) is 41.3 Å².